The van der Waals surface area contributed by atoms with Crippen LogP contribution in [0.2, 0.25) is 0 Å². The summed E-state index contributed by atoms with van der Waals surface area (Å²) in [6.45, 7) is 2.41. The number of rotatable bonds is 4. The monoisotopic (exact) mass is 326 g/mol. The normalized spacial score (nSPS) is 23.1. The van der Waals surface area contributed by atoms with Crippen LogP contribution in [0.25, 0.3) is 0 Å². The van der Waals surface area contributed by atoms with E-state index >= 15 is 0 Å². The zero-order valence-electron chi connectivity index (χ0n) is 11.1. The first-order valence-electron chi connectivity index (χ1n) is 6.84. The summed E-state index contributed by atoms with van der Waals surface area (Å²) in [5.41, 5.74) is 0.826. The average Bonchev–Trinajstić information content (AvgIpc) is 3.01. The van der Waals surface area contributed by atoms with Gasteiger partial charge < -0.3 is 14.2 Å². The molecule has 3 rings (SSSR count). The molecule has 5 heteroatoms. The van der Waals surface area contributed by atoms with Crippen molar-refractivity contribution in [2.24, 2.45) is 5.92 Å². The van der Waals surface area contributed by atoms with Crippen LogP contribution in [0, 0.1) is 5.92 Å². The lowest BCUT2D eigenvalue weighted by atomic mass is 10.1. The fourth-order valence-electron chi connectivity index (χ4n) is 2.82. The molecule has 2 heterocycles. The summed E-state index contributed by atoms with van der Waals surface area (Å²) >= 11 is 3.48. The molecule has 4 nitrogen and oxygen atoms in total. The predicted molar refractivity (Wildman–Crippen MR) is 76.3 cm³/mol. The zero-order chi connectivity index (χ0) is 13.4. The van der Waals surface area contributed by atoms with E-state index in [1.807, 2.05) is 17.2 Å². The van der Waals surface area contributed by atoms with E-state index in [4.69, 9.17) is 4.74 Å². The summed E-state index contributed by atoms with van der Waals surface area (Å²) in [6.07, 6.45) is 5.46. The quantitative estimate of drug-likeness (QED) is 0.852. The first-order valence-corrected chi connectivity index (χ1v) is 7.64. The Kier molecular flexibility index (Phi) is 3.67. The Labute approximate surface area is 121 Å². The molecular formula is C14H19BrN2O2. The number of ether oxygens (including phenoxy) is 1. The molecule has 0 N–H and O–H groups in total. The molecule has 1 aliphatic carbocycles. The highest BCUT2D eigenvalue weighted by Gasteiger charge is 2.32. The fourth-order valence-corrected chi connectivity index (χ4v) is 3.26. The van der Waals surface area contributed by atoms with Crippen molar-refractivity contribution in [2.45, 2.75) is 25.3 Å². The van der Waals surface area contributed by atoms with E-state index in [1.54, 1.807) is 7.11 Å². The second-order valence-electron chi connectivity index (χ2n) is 5.54. The Morgan fingerprint density at radius 3 is 2.95 bits per heavy atom. The van der Waals surface area contributed by atoms with Crippen LogP contribution in [0.3, 0.4) is 0 Å². The lowest BCUT2D eigenvalue weighted by Gasteiger charge is -2.17. The molecule has 1 saturated carbocycles. The molecule has 1 aromatic rings. The molecule has 1 aromatic heterocycles. The number of halogens is 1. The van der Waals surface area contributed by atoms with Crippen molar-refractivity contribution in [1.82, 2.24) is 9.47 Å². The van der Waals surface area contributed by atoms with Gasteiger partial charge in [0.2, 0.25) is 0 Å². The molecule has 1 saturated heterocycles. The molecule has 2 fully saturated rings. The summed E-state index contributed by atoms with van der Waals surface area (Å²) in [6, 6.07) is 2.48. The molecule has 2 aliphatic rings. The fraction of sp³-hybridized carbons (Fsp3) is 0.643. The van der Waals surface area contributed by atoms with Crippen molar-refractivity contribution in [3.63, 3.8) is 0 Å². The van der Waals surface area contributed by atoms with E-state index in [2.05, 4.69) is 20.5 Å². The van der Waals surface area contributed by atoms with Gasteiger partial charge in [0.05, 0.1) is 6.61 Å². The van der Waals surface area contributed by atoms with E-state index < -0.39 is 0 Å². The molecule has 1 unspecified atom stereocenters. The standard InChI is InChI=1S/C14H19BrN2O2/c1-19-9-10-4-5-16(7-10)14(18)13-6-11(15)8-17(13)12-2-3-12/h6,8,10,12H,2-5,7,9H2,1H3. The SMILES string of the molecule is COCC1CCN(C(=O)c2cc(Br)cn2C2CC2)C1. The summed E-state index contributed by atoms with van der Waals surface area (Å²) < 4.78 is 8.32. The van der Waals surface area contributed by atoms with Gasteiger partial charge in [-0.05, 0) is 41.3 Å². The topological polar surface area (TPSA) is 34.5 Å². The van der Waals surface area contributed by atoms with Crippen molar-refractivity contribution in [1.29, 1.82) is 0 Å². The summed E-state index contributed by atoms with van der Waals surface area (Å²) in [7, 11) is 1.72. The van der Waals surface area contributed by atoms with Crippen molar-refractivity contribution in [2.75, 3.05) is 26.8 Å². The van der Waals surface area contributed by atoms with Crippen LogP contribution in [-0.2, 0) is 4.74 Å². The van der Waals surface area contributed by atoms with E-state index in [1.165, 1.54) is 12.8 Å². The van der Waals surface area contributed by atoms with Crippen molar-refractivity contribution < 1.29 is 9.53 Å². The third kappa shape index (κ3) is 2.72. The van der Waals surface area contributed by atoms with Crippen LogP contribution in [0.15, 0.2) is 16.7 Å². The Bertz CT molecular complexity index is 482. The van der Waals surface area contributed by atoms with Gasteiger partial charge >= 0.3 is 0 Å². The number of carbonyl (C=O) groups excluding carboxylic acids is 1. The maximum atomic E-state index is 12.6. The number of hydrogen-bond donors (Lipinski definition) is 0. The number of amides is 1. The van der Waals surface area contributed by atoms with Crippen molar-refractivity contribution in [3.05, 3.63) is 22.4 Å². The molecule has 104 valence electrons. The van der Waals surface area contributed by atoms with Crippen molar-refractivity contribution >= 4 is 21.8 Å². The first-order chi connectivity index (χ1) is 9.19. The molecule has 1 amide bonds. The maximum absolute atomic E-state index is 12.6. The van der Waals surface area contributed by atoms with Crippen LogP contribution in [0.4, 0.5) is 0 Å². The largest absolute Gasteiger partial charge is 0.384 e. The Morgan fingerprint density at radius 1 is 1.47 bits per heavy atom. The number of nitrogens with zero attached hydrogens (tertiary/aromatic N) is 2. The minimum absolute atomic E-state index is 0.163. The highest BCUT2D eigenvalue weighted by molar-refractivity contribution is 9.10. The van der Waals surface area contributed by atoms with Crippen LogP contribution in [0.5, 0.6) is 0 Å². The maximum Gasteiger partial charge on any atom is 0.270 e. The molecular weight excluding hydrogens is 308 g/mol. The van der Waals surface area contributed by atoms with Gasteiger partial charge in [0, 0.05) is 42.8 Å². The molecule has 0 radical (unpaired) electrons. The molecule has 1 aliphatic heterocycles. The highest BCUT2D eigenvalue weighted by atomic mass is 79.9. The third-order valence-corrected chi connectivity index (χ3v) is 4.38. The predicted octanol–water partition coefficient (Wildman–Crippen LogP) is 2.69. The van der Waals surface area contributed by atoms with Crippen LogP contribution in [-0.4, -0.2) is 42.2 Å². The average molecular weight is 327 g/mol. The van der Waals surface area contributed by atoms with Gasteiger partial charge in [0.1, 0.15) is 5.69 Å². The van der Waals surface area contributed by atoms with Crippen molar-refractivity contribution in [3.8, 4) is 0 Å². The summed E-state index contributed by atoms with van der Waals surface area (Å²) in [5.74, 6) is 0.651. The lowest BCUT2D eigenvalue weighted by molar-refractivity contribution is 0.0764. The Morgan fingerprint density at radius 2 is 2.26 bits per heavy atom. The third-order valence-electron chi connectivity index (χ3n) is 3.95. The van der Waals surface area contributed by atoms with Crippen LogP contribution >= 0.6 is 15.9 Å². The van der Waals surface area contributed by atoms with Gasteiger partial charge in [-0.3, -0.25) is 4.79 Å². The number of aromatic nitrogens is 1. The molecule has 0 spiro atoms. The Hall–Kier alpha value is -0.810. The summed E-state index contributed by atoms with van der Waals surface area (Å²) in [4.78, 5) is 14.6. The van der Waals surface area contributed by atoms with Gasteiger partial charge in [-0.25, -0.2) is 0 Å². The second kappa shape index (κ2) is 5.29. The Balaban J connectivity index is 1.73. The minimum Gasteiger partial charge on any atom is -0.384 e. The minimum atomic E-state index is 0.163. The molecule has 0 aromatic carbocycles. The first kappa shape index (κ1) is 13.2. The van der Waals surface area contributed by atoms with Crippen LogP contribution < -0.4 is 0 Å². The zero-order valence-corrected chi connectivity index (χ0v) is 12.7. The van der Waals surface area contributed by atoms with Gasteiger partial charge in [-0.2, -0.15) is 0 Å². The lowest BCUT2D eigenvalue weighted by Crippen LogP contribution is -2.30. The molecule has 19 heavy (non-hydrogen) atoms. The molecule has 0 bridgehead atoms. The van der Waals surface area contributed by atoms with Crippen LogP contribution in [0.1, 0.15) is 35.8 Å². The van der Waals surface area contributed by atoms with E-state index in [0.717, 1.165) is 36.3 Å². The number of carbonyl (C=O) groups is 1. The van der Waals surface area contributed by atoms with Gasteiger partial charge in [0.15, 0.2) is 0 Å². The number of methoxy groups -OCH3 is 1. The van der Waals surface area contributed by atoms with Gasteiger partial charge in [-0.1, -0.05) is 0 Å². The van der Waals surface area contributed by atoms with E-state index in [0.29, 0.717) is 12.0 Å². The van der Waals surface area contributed by atoms with E-state index in [-0.39, 0.29) is 5.91 Å². The van der Waals surface area contributed by atoms with E-state index in [9.17, 15) is 4.79 Å². The van der Waals surface area contributed by atoms with Gasteiger partial charge in [-0.15, -0.1) is 0 Å². The second-order valence-corrected chi connectivity index (χ2v) is 6.46. The summed E-state index contributed by atoms with van der Waals surface area (Å²) in [5, 5.41) is 0. The van der Waals surface area contributed by atoms with Gasteiger partial charge in [0.25, 0.3) is 5.91 Å². The smallest absolute Gasteiger partial charge is 0.270 e. The highest BCUT2D eigenvalue weighted by Crippen LogP contribution is 2.38. The number of hydrogen-bond acceptors (Lipinski definition) is 2. The number of likely N-dealkylation sites (tertiary alicyclic amines) is 1. The molecule has 1 atom stereocenters.